The van der Waals surface area contributed by atoms with Crippen LogP contribution in [0.1, 0.15) is 12.8 Å². The third kappa shape index (κ3) is 3.28. The van der Waals surface area contributed by atoms with Crippen LogP contribution in [0.2, 0.25) is 0 Å². The standard InChI is InChI=1S/C10H14N2O3/c1-11-6-2-3-8(13)7-12-9(14)4-5-10(12)15/h4-5,11H,2-3,6-7H2,1H3. The number of nitrogens with zero attached hydrogens (tertiary/aromatic N) is 1. The summed E-state index contributed by atoms with van der Waals surface area (Å²) in [7, 11) is 1.81. The van der Waals surface area contributed by atoms with Crippen LogP contribution in [0.4, 0.5) is 0 Å². The lowest BCUT2D eigenvalue weighted by molar-refractivity contribution is -0.140. The fraction of sp³-hybridized carbons (Fsp3) is 0.500. The number of hydrogen-bond acceptors (Lipinski definition) is 4. The van der Waals surface area contributed by atoms with Gasteiger partial charge in [0.25, 0.3) is 11.8 Å². The monoisotopic (exact) mass is 210 g/mol. The van der Waals surface area contributed by atoms with Gasteiger partial charge in [-0.2, -0.15) is 0 Å². The molecule has 0 saturated carbocycles. The van der Waals surface area contributed by atoms with Gasteiger partial charge in [-0.15, -0.1) is 0 Å². The summed E-state index contributed by atoms with van der Waals surface area (Å²) >= 11 is 0. The van der Waals surface area contributed by atoms with Gasteiger partial charge in [0.05, 0.1) is 6.54 Å². The summed E-state index contributed by atoms with van der Waals surface area (Å²) in [6, 6.07) is 0. The molecular formula is C10H14N2O3. The molecule has 0 aliphatic carbocycles. The van der Waals surface area contributed by atoms with Crippen LogP contribution in [0.3, 0.4) is 0 Å². The third-order valence-electron chi connectivity index (χ3n) is 2.12. The minimum atomic E-state index is -0.401. The van der Waals surface area contributed by atoms with Crippen molar-refractivity contribution in [2.75, 3.05) is 20.1 Å². The Morgan fingerprint density at radius 2 is 1.93 bits per heavy atom. The van der Waals surface area contributed by atoms with E-state index in [-0.39, 0.29) is 12.3 Å². The summed E-state index contributed by atoms with van der Waals surface area (Å²) in [6.07, 6.45) is 3.48. The SMILES string of the molecule is CNCCCC(=O)CN1C(=O)C=CC1=O. The van der Waals surface area contributed by atoms with Crippen LogP contribution in [-0.4, -0.2) is 42.6 Å². The lowest BCUT2D eigenvalue weighted by atomic mass is 10.2. The molecule has 0 bridgehead atoms. The number of ketones is 1. The fourth-order valence-electron chi connectivity index (χ4n) is 1.30. The Balaban J connectivity index is 2.32. The van der Waals surface area contributed by atoms with Crippen LogP contribution in [-0.2, 0) is 14.4 Å². The number of hydrogen-bond donors (Lipinski definition) is 1. The fourth-order valence-corrected chi connectivity index (χ4v) is 1.30. The number of carbonyl (C=O) groups excluding carboxylic acids is 3. The Hall–Kier alpha value is -1.49. The summed E-state index contributed by atoms with van der Waals surface area (Å²) in [6.45, 7) is 0.653. The van der Waals surface area contributed by atoms with Crippen molar-refractivity contribution in [3.8, 4) is 0 Å². The van der Waals surface area contributed by atoms with Gasteiger partial charge >= 0.3 is 0 Å². The summed E-state index contributed by atoms with van der Waals surface area (Å²) < 4.78 is 0. The number of rotatable bonds is 6. The van der Waals surface area contributed by atoms with Gasteiger partial charge in [-0.1, -0.05) is 0 Å². The zero-order valence-electron chi connectivity index (χ0n) is 8.66. The summed E-state index contributed by atoms with van der Waals surface area (Å²) in [5.41, 5.74) is 0. The molecule has 1 heterocycles. The van der Waals surface area contributed by atoms with E-state index in [1.165, 1.54) is 12.2 Å². The molecule has 1 N–H and O–H groups in total. The predicted molar refractivity (Wildman–Crippen MR) is 54.0 cm³/mol. The molecule has 1 aliphatic heterocycles. The lowest BCUT2D eigenvalue weighted by Gasteiger charge is -2.12. The van der Waals surface area contributed by atoms with E-state index in [1.54, 1.807) is 0 Å². The van der Waals surface area contributed by atoms with Gasteiger partial charge in [0, 0.05) is 18.6 Å². The lowest BCUT2D eigenvalue weighted by Crippen LogP contribution is -2.35. The molecule has 0 radical (unpaired) electrons. The molecule has 5 heteroatoms. The Morgan fingerprint density at radius 3 is 2.47 bits per heavy atom. The first-order chi connectivity index (χ1) is 7.15. The number of nitrogens with one attached hydrogen (secondary N) is 1. The van der Waals surface area contributed by atoms with E-state index >= 15 is 0 Å². The molecule has 0 aromatic carbocycles. The molecule has 0 unspecified atom stereocenters. The van der Waals surface area contributed by atoms with Gasteiger partial charge in [0.2, 0.25) is 0 Å². The Kier molecular flexibility index (Phi) is 4.17. The molecule has 82 valence electrons. The van der Waals surface area contributed by atoms with Gasteiger partial charge in [-0.25, -0.2) is 0 Å². The first-order valence-electron chi connectivity index (χ1n) is 4.85. The maximum Gasteiger partial charge on any atom is 0.254 e. The zero-order valence-corrected chi connectivity index (χ0v) is 8.66. The largest absolute Gasteiger partial charge is 0.320 e. The van der Waals surface area contributed by atoms with Crippen LogP contribution < -0.4 is 5.32 Å². The van der Waals surface area contributed by atoms with Crippen LogP contribution in [0.25, 0.3) is 0 Å². The van der Waals surface area contributed by atoms with Crippen molar-refractivity contribution >= 4 is 17.6 Å². The third-order valence-corrected chi connectivity index (χ3v) is 2.12. The van der Waals surface area contributed by atoms with Crippen molar-refractivity contribution in [3.05, 3.63) is 12.2 Å². The molecule has 0 saturated heterocycles. The molecule has 0 aromatic heterocycles. The quantitative estimate of drug-likeness (QED) is 0.473. The maximum absolute atomic E-state index is 11.4. The molecule has 0 atom stereocenters. The normalized spacial score (nSPS) is 15.1. The minimum absolute atomic E-state index is 0.0874. The zero-order chi connectivity index (χ0) is 11.3. The predicted octanol–water partition coefficient (Wildman–Crippen LogP) is -0.520. The van der Waals surface area contributed by atoms with E-state index in [4.69, 9.17) is 0 Å². The summed E-state index contributed by atoms with van der Waals surface area (Å²) in [5.74, 6) is -0.889. The van der Waals surface area contributed by atoms with Crippen molar-refractivity contribution in [2.45, 2.75) is 12.8 Å². The molecular weight excluding hydrogens is 196 g/mol. The highest BCUT2D eigenvalue weighted by Gasteiger charge is 2.24. The Labute approximate surface area is 88.1 Å². The van der Waals surface area contributed by atoms with E-state index in [0.717, 1.165) is 17.9 Å². The first kappa shape index (κ1) is 11.6. The highest BCUT2D eigenvalue weighted by molar-refractivity contribution is 6.14. The van der Waals surface area contributed by atoms with Gasteiger partial charge in [0.15, 0.2) is 5.78 Å². The number of Topliss-reactive ketones (excluding diaryl/α,β-unsaturated/α-hetero) is 1. The average molecular weight is 210 g/mol. The molecule has 15 heavy (non-hydrogen) atoms. The Bertz CT molecular complexity index is 292. The molecule has 1 aliphatic rings. The van der Waals surface area contributed by atoms with Crippen molar-refractivity contribution in [2.24, 2.45) is 0 Å². The van der Waals surface area contributed by atoms with Gasteiger partial charge in [-0.05, 0) is 20.0 Å². The van der Waals surface area contributed by atoms with E-state index in [9.17, 15) is 14.4 Å². The minimum Gasteiger partial charge on any atom is -0.320 e. The van der Waals surface area contributed by atoms with Crippen molar-refractivity contribution in [3.63, 3.8) is 0 Å². The Morgan fingerprint density at radius 1 is 1.33 bits per heavy atom. The second kappa shape index (κ2) is 5.41. The van der Waals surface area contributed by atoms with Crippen LogP contribution >= 0.6 is 0 Å². The first-order valence-corrected chi connectivity index (χ1v) is 4.85. The summed E-state index contributed by atoms with van der Waals surface area (Å²) in [4.78, 5) is 34.5. The molecule has 0 aromatic rings. The van der Waals surface area contributed by atoms with Gasteiger partial charge in [0.1, 0.15) is 0 Å². The smallest absolute Gasteiger partial charge is 0.254 e. The van der Waals surface area contributed by atoms with Crippen LogP contribution in [0, 0.1) is 0 Å². The number of amides is 2. The van der Waals surface area contributed by atoms with E-state index in [2.05, 4.69) is 5.32 Å². The van der Waals surface area contributed by atoms with Crippen LogP contribution in [0.15, 0.2) is 12.2 Å². The topological polar surface area (TPSA) is 66.5 Å². The molecule has 5 nitrogen and oxygen atoms in total. The van der Waals surface area contributed by atoms with Crippen LogP contribution in [0.5, 0.6) is 0 Å². The highest BCUT2D eigenvalue weighted by atomic mass is 16.2. The maximum atomic E-state index is 11.4. The highest BCUT2D eigenvalue weighted by Crippen LogP contribution is 2.04. The molecule has 2 amide bonds. The van der Waals surface area contributed by atoms with Gasteiger partial charge in [-0.3, -0.25) is 19.3 Å². The number of imide groups is 1. The van der Waals surface area contributed by atoms with Crippen molar-refractivity contribution < 1.29 is 14.4 Å². The average Bonchev–Trinajstić information content (AvgIpc) is 2.50. The summed E-state index contributed by atoms with van der Waals surface area (Å²) in [5, 5.41) is 2.92. The van der Waals surface area contributed by atoms with Gasteiger partial charge < -0.3 is 5.32 Å². The molecule has 0 fully saturated rings. The second-order valence-corrected chi connectivity index (χ2v) is 3.34. The van der Waals surface area contributed by atoms with Crippen molar-refractivity contribution in [1.29, 1.82) is 0 Å². The number of carbonyl (C=O) groups is 3. The van der Waals surface area contributed by atoms with E-state index in [1.807, 2.05) is 7.05 Å². The molecule has 0 spiro atoms. The second-order valence-electron chi connectivity index (χ2n) is 3.34. The van der Waals surface area contributed by atoms with E-state index < -0.39 is 11.8 Å². The van der Waals surface area contributed by atoms with E-state index in [0.29, 0.717) is 6.42 Å². The molecule has 1 rings (SSSR count). The van der Waals surface area contributed by atoms with Crippen molar-refractivity contribution in [1.82, 2.24) is 10.2 Å².